The Morgan fingerprint density at radius 3 is 2.43 bits per heavy atom. The zero-order chi connectivity index (χ0) is 20.1. The van der Waals surface area contributed by atoms with Crippen LogP contribution in [0.1, 0.15) is 44.1 Å². The topological polar surface area (TPSA) is 75.4 Å². The summed E-state index contributed by atoms with van der Waals surface area (Å²) >= 11 is 0. The minimum absolute atomic E-state index is 0. The van der Waals surface area contributed by atoms with Crippen molar-refractivity contribution in [2.24, 2.45) is 11.1 Å². The van der Waals surface area contributed by atoms with Crippen LogP contribution in [0.3, 0.4) is 0 Å². The summed E-state index contributed by atoms with van der Waals surface area (Å²) in [6, 6.07) is 6.49. The number of hydrogen-bond acceptors (Lipinski definition) is 3. The highest BCUT2D eigenvalue weighted by Gasteiger charge is 2.41. The standard InChI is InChI=1S/C19H26F3N3O2.ClH/c1-25(17(27)19(20,21)22)12-14-6-5-7-15(10-14)24-16(26)11-18(13-23)8-3-2-4-9-18;/h5-7,10H,2-4,8-9,11-13,23H2,1H3,(H,24,26);1H. The van der Waals surface area contributed by atoms with Crippen molar-refractivity contribution in [1.29, 1.82) is 0 Å². The molecule has 2 rings (SSSR count). The molecular weight excluding hydrogens is 395 g/mol. The summed E-state index contributed by atoms with van der Waals surface area (Å²) in [5, 5.41) is 2.80. The van der Waals surface area contributed by atoms with Crippen LogP contribution in [0.5, 0.6) is 0 Å². The maximum absolute atomic E-state index is 12.5. The molecule has 0 atom stereocenters. The van der Waals surface area contributed by atoms with E-state index in [0.717, 1.165) is 39.2 Å². The second kappa shape index (κ2) is 10.1. The molecule has 1 saturated carbocycles. The minimum atomic E-state index is -4.91. The quantitative estimate of drug-likeness (QED) is 0.732. The second-order valence-electron chi connectivity index (χ2n) is 7.35. The second-order valence-corrected chi connectivity index (χ2v) is 7.35. The molecule has 0 aromatic heterocycles. The summed E-state index contributed by atoms with van der Waals surface area (Å²) in [6.07, 6.45) is 0.592. The van der Waals surface area contributed by atoms with E-state index in [1.807, 2.05) is 0 Å². The smallest absolute Gasteiger partial charge is 0.334 e. The molecule has 5 nitrogen and oxygen atoms in total. The lowest BCUT2D eigenvalue weighted by molar-refractivity contribution is -0.184. The van der Waals surface area contributed by atoms with E-state index in [-0.39, 0.29) is 30.3 Å². The minimum Gasteiger partial charge on any atom is -0.334 e. The molecule has 2 amide bonds. The number of hydrogen-bond donors (Lipinski definition) is 2. The van der Waals surface area contributed by atoms with Gasteiger partial charge in [-0.3, -0.25) is 9.59 Å². The van der Waals surface area contributed by atoms with Crippen LogP contribution in [0.4, 0.5) is 18.9 Å². The van der Waals surface area contributed by atoms with Crippen LogP contribution in [0.25, 0.3) is 0 Å². The molecule has 0 unspecified atom stereocenters. The Kier molecular flexibility index (Phi) is 8.75. The molecule has 0 spiro atoms. The lowest BCUT2D eigenvalue weighted by Crippen LogP contribution is -2.38. The fraction of sp³-hybridized carbons (Fsp3) is 0.579. The number of carbonyl (C=O) groups excluding carboxylic acids is 2. The molecule has 1 fully saturated rings. The third-order valence-corrected chi connectivity index (χ3v) is 5.10. The Labute approximate surface area is 169 Å². The first-order valence-corrected chi connectivity index (χ1v) is 9.06. The SMILES string of the molecule is CN(Cc1cccc(NC(=O)CC2(CN)CCCCC2)c1)C(=O)C(F)(F)F.Cl. The van der Waals surface area contributed by atoms with Crippen molar-refractivity contribution in [2.45, 2.75) is 51.2 Å². The van der Waals surface area contributed by atoms with Gasteiger partial charge in [0.1, 0.15) is 0 Å². The monoisotopic (exact) mass is 421 g/mol. The van der Waals surface area contributed by atoms with E-state index in [2.05, 4.69) is 5.32 Å². The molecule has 9 heteroatoms. The van der Waals surface area contributed by atoms with Crippen molar-refractivity contribution in [3.8, 4) is 0 Å². The number of rotatable bonds is 6. The molecule has 28 heavy (non-hydrogen) atoms. The molecule has 0 radical (unpaired) electrons. The summed E-state index contributed by atoms with van der Waals surface area (Å²) in [7, 11) is 1.09. The van der Waals surface area contributed by atoms with Gasteiger partial charge in [-0.25, -0.2) is 0 Å². The van der Waals surface area contributed by atoms with Gasteiger partial charge in [0.2, 0.25) is 5.91 Å². The largest absolute Gasteiger partial charge is 0.471 e. The number of alkyl halides is 3. The maximum atomic E-state index is 12.5. The highest BCUT2D eigenvalue weighted by molar-refractivity contribution is 5.91. The summed E-state index contributed by atoms with van der Waals surface area (Å²) in [4.78, 5) is 24.3. The van der Waals surface area contributed by atoms with Gasteiger partial charge in [-0.1, -0.05) is 31.4 Å². The summed E-state index contributed by atoms with van der Waals surface area (Å²) in [6.45, 7) is 0.263. The van der Waals surface area contributed by atoms with Crippen molar-refractivity contribution in [1.82, 2.24) is 4.90 Å². The van der Waals surface area contributed by atoms with Crippen LogP contribution in [-0.4, -0.2) is 36.5 Å². The normalized spacial score (nSPS) is 16.0. The van der Waals surface area contributed by atoms with Gasteiger partial charge in [0.25, 0.3) is 0 Å². The van der Waals surface area contributed by atoms with E-state index in [9.17, 15) is 22.8 Å². The zero-order valence-electron chi connectivity index (χ0n) is 15.8. The number of nitrogens with two attached hydrogens (primary N) is 1. The van der Waals surface area contributed by atoms with Crippen molar-refractivity contribution >= 4 is 29.9 Å². The molecule has 0 aliphatic heterocycles. The third-order valence-electron chi connectivity index (χ3n) is 5.10. The molecule has 0 heterocycles. The van der Waals surface area contributed by atoms with E-state index in [1.54, 1.807) is 24.3 Å². The fourth-order valence-corrected chi connectivity index (χ4v) is 3.61. The Bertz CT molecular complexity index is 677. The molecular formula is C19H27ClF3N3O2. The van der Waals surface area contributed by atoms with Gasteiger partial charge in [0.15, 0.2) is 0 Å². The predicted molar refractivity (Wildman–Crippen MR) is 104 cm³/mol. The van der Waals surface area contributed by atoms with Crippen molar-refractivity contribution in [3.63, 3.8) is 0 Å². The van der Waals surface area contributed by atoms with Crippen LogP contribution < -0.4 is 11.1 Å². The van der Waals surface area contributed by atoms with Crippen molar-refractivity contribution in [3.05, 3.63) is 29.8 Å². The lowest BCUT2D eigenvalue weighted by Gasteiger charge is -2.35. The third kappa shape index (κ3) is 6.67. The molecule has 0 bridgehead atoms. The van der Waals surface area contributed by atoms with E-state index in [4.69, 9.17) is 5.73 Å². The van der Waals surface area contributed by atoms with E-state index >= 15 is 0 Å². The fourth-order valence-electron chi connectivity index (χ4n) is 3.61. The van der Waals surface area contributed by atoms with Crippen LogP contribution in [0.2, 0.25) is 0 Å². The zero-order valence-corrected chi connectivity index (χ0v) is 16.7. The summed E-state index contributed by atoms with van der Waals surface area (Å²) in [5.41, 5.74) is 6.74. The Hall–Kier alpha value is -1.80. The van der Waals surface area contributed by atoms with Gasteiger partial charge in [-0.15, -0.1) is 12.4 Å². The number of amides is 2. The average molecular weight is 422 g/mol. The number of anilines is 1. The van der Waals surface area contributed by atoms with Gasteiger partial charge >= 0.3 is 12.1 Å². The molecule has 1 aliphatic carbocycles. The van der Waals surface area contributed by atoms with Gasteiger partial charge < -0.3 is 16.0 Å². The van der Waals surface area contributed by atoms with Crippen LogP contribution in [0, 0.1) is 5.41 Å². The van der Waals surface area contributed by atoms with Crippen LogP contribution in [-0.2, 0) is 16.1 Å². The Morgan fingerprint density at radius 2 is 1.86 bits per heavy atom. The number of benzene rings is 1. The van der Waals surface area contributed by atoms with E-state index < -0.39 is 12.1 Å². The van der Waals surface area contributed by atoms with E-state index in [0.29, 0.717) is 29.1 Å². The first-order valence-electron chi connectivity index (χ1n) is 9.06. The highest BCUT2D eigenvalue weighted by atomic mass is 35.5. The summed E-state index contributed by atoms with van der Waals surface area (Å²) < 4.78 is 37.5. The Balaban J connectivity index is 0.00000392. The molecule has 3 N–H and O–H groups in total. The van der Waals surface area contributed by atoms with Gasteiger partial charge in [-0.2, -0.15) is 13.2 Å². The van der Waals surface area contributed by atoms with Gasteiger partial charge in [0.05, 0.1) is 0 Å². The molecule has 0 saturated heterocycles. The summed E-state index contributed by atoms with van der Waals surface area (Å²) in [5.74, 6) is -2.06. The van der Waals surface area contributed by atoms with Crippen LogP contribution >= 0.6 is 12.4 Å². The first-order chi connectivity index (χ1) is 12.6. The van der Waals surface area contributed by atoms with E-state index in [1.165, 1.54) is 0 Å². The van der Waals surface area contributed by atoms with Gasteiger partial charge in [0, 0.05) is 25.7 Å². The predicted octanol–water partition coefficient (Wildman–Crippen LogP) is 3.87. The maximum Gasteiger partial charge on any atom is 0.471 e. The number of halogens is 4. The molecule has 1 aromatic rings. The molecule has 1 aromatic carbocycles. The first kappa shape index (κ1) is 24.2. The van der Waals surface area contributed by atoms with Crippen molar-refractivity contribution < 1.29 is 22.8 Å². The number of nitrogens with zero attached hydrogens (tertiary/aromatic N) is 1. The number of carbonyl (C=O) groups is 2. The molecule has 158 valence electrons. The highest BCUT2D eigenvalue weighted by Crippen LogP contribution is 2.38. The lowest BCUT2D eigenvalue weighted by atomic mass is 9.71. The Morgan fingerprint density at radius 1 is 1.21 bits per heavy atom. The van der Waals surface area contributed by atoms with Gasteiger partial charge in [-0.05, 0) is 42.5 Å². The number of nitrogens with one attached hydrogen (secondary N) is 1. The van der Waals surface area contributed by atoms with Crippen molar-refractivity contribution in [2.75, 3.05) is 18.9 Å². The van der Waals surface area contributed by atoms with Crippen LogP contribution in [0.15, 0.2) is 24.3 Å². The molecule has 1 aliphatic rings. The average Bonchev–Trinajstić information content (AvgIpc) is 2.61.